The first-order valence-electron chi connectivity index (χ1n) is 9.41. The molecular weight excluding hydrogens is 308 g/mol. The predicted octanol–water partition coefficient (Wildman–Crippen LogP) is 4.50. The van der Waals surface area contributed by atoms with Crippen LogP contribution in [0, 0.1) is 27.7 Å². The van der Waals surface area contributed by atoms with Gasteiger partial charge in [-0.25, -0.2) is 9.97 Å². The third kappa shape index (κ3) is 3.22. The number of fused-ring (bicyclic) bond motifs is 1. The highest BCUT2D eigenvalue weighted by atomic mass is 15.2. The van der Waals surface area contributed by atoms with E-state index in [1.54, 1.807) is 0 Å². The van der Waals surface area contributed by atoms with Crippen LogP contribution in [0.2, 0.25) is 0 Å². The van der Waals surface area contributed by atoms with E-state index in [2.05, 4.69) is 57.0 Å². The van der Waals surface area contributed by atoms with Gasteiger partial charge in [0.05, 0.1) is 11.4 Å². The molecule has 1 N–H and O–H groups in total. The van der Waals surface area contributed by atoms with E-state index < -0.39 is 0 Å². The largest absolute Gasteiger partial charge is 0.381 e. The number of hydrogen-bond donors (Lipinski definition) is 1. The predicted molar refractivity (Wildman–Crippen MR) is 106 cm³/mol. The Morgan fingerprint density at radius 3 is 2.28 bits per heavy atom. The van der Waals surface area contributed by atoms with Crippen molar-refractivity contribution in [2.75, 3.05) is 29.9 Å². The lowest BCUT2D eigenvalue weighted by molar-refractivity contribution is 0.676. The topological polar surface area (TPSA) is 41.1 Å². The van der Waals surface area contributed by atoms with Gasteiger partial charge in [0.1, 0.15) is 5.82 Å². The number of hydrogen-bond acceptors (Lipinski definition) is 4. The van der Waals surface area contributed by atoms with Crippen LogP contribution < -0.4 is 10.2 Å². The van der Waals surface area contributed by atoms with Crippen LogP contribution in [0.15, 0.2) is 12.1 Å². The van der Waals surface area contributed by atoms with E-state index >= 15 is 0 Å². The third-order valence-corrected chi connectivity index (χ3v) is 5.24. The summed E-state index contributed by atoms with van der Waals surface area (Å²) >= 11 is 0. The van der Waals surface area contributed by atoms with Gasteiger partial charge < -0.3 is 10.2 Å². The van der Waals surface area contributed by atoms with Crippen LogP contribution in [0.3, 0.4) is 0 Å². The van der Waals surface area contributed by atoms with E-state index in [1.165, 1.54) is 22.3 Å². The highest BCUT2D eigenvalue weighted by Gasteiger charge is 2.29. The standard InChI is InChI=1S/C21H30N4/c1-7-25(8-2)21-20-19(23-16(6)24-21)17(9-10-22-20)18-14(4)11-13(3)12-15(18)5/h11-12,17,22H,7-10H2,1-6H3. The summed E-state index contributed by atoms with van der Waals surface area (Å²) in [6.07, 6.45) is 1.08. The summed E-state index contributed by atoms with van der Waals surface area (Å²) in [6.45, 7) is 15.9. The van der Waals surface area contributed by atoms with Crippen molar-refractivity contribution in [3.8, 4) is 0 Å². The number of aromatic nitrogens is 2. The number of anilines is 2. The maximum Gasteiger partial charge on any atom is 0.156 e. The molecule has 2 aromatic rings. The Balaban J connectivity index is 2.18. The lowest BCUT2D eigenvalue weighted by Gasteiger charge is -2.32. The molecule has 1 aromatic carbocycles. The molecule has 0 fully saturated rings. The van der Waals surface area contributed by atoms with Gasteiger partial charge in [-0.3, -0.25) is 0 Å². The molecule has 134 valence electrons. The van der Waals surface area contributed by atoms with Crippen molar-refractivity contribution < 1.29 is 0 Å². The minimum atomic E-state index is 0.341. The lowest BCUT2D eigenvalue weighted by Crippen LogP contribution is -2.29. The van der Waals surface area contributed by atoms with Gasteiger partial charge in [-0.2, -0.15) is 0 Å². The molecular formula is C21H30N4. The second-order valence-electron chi connectivity index (χ2n) is 7.11. The van der Waals surface area contributed by atoms with Crippen molar-refractivity contribution >= 4 is 11.5 Å². The smallest absolute Gasteiger partial charge is 0.156 e. The fourth-order valence-electron chi connectivity index (χ4n) is 4.25. The van der Waals surface area contributed by atoms with Crippen molar-refractivity contribution in [1.82, 2.24) is 9.97 Å². The summed E-state index contributed by atoms with van der Waals surface area (Å²) in [5, 5.41) is 3.59. The fraction of sp³-hybridized carbons (Fsp3) is 0.524. The van der Waals surface area contributed by atoms with Crippen molar-refractivity contribution in [2.24, 2.45) is 0 Å². The van der Waals surface area contributed by atoms with E-state index in [1.807, 2.05) is 6.92 Å². The molecule has 0 amide bonds. The van der Waals surface area contributed by atoms with E-state index in [0.717, 1.165) is 49.1 Å². The zero-order valence-corrected chi connectivity index (χ0v) is 16.4. The van der Waals surface area contributed by atoms with Crippen molar-refractivity contribution in [2.45, 2.75) is 53.9 Å². The lowest BCUT2D eigenvalue weighted by atomic mass is 9.83. The van der Waals surface area contributed by atoms with Crippen LogP contribution in [0.4, 0.5) is 11.5 Å². The second kappa shape index (κ2) is 7.03. The number of benzene rings is 1. The quantitative estimate of drug-likeness (QED) is 0.891. The number of nitrogens with one attached hydrogen (secondary N) is 1. The van der Waals surface area contributed by atoms with E-state index in [4.69, 9.17) is 9.97 Å². The molecule has 25 heavy (non-hydrogen) atoms. The summed E-state index contributed by atoms with van der Waals surface area (Å²) < 4.78 is 0. The molecule has 0 saturated carbocycles. The SMILES string of the molecule is CCN(CC)c1nc(C)nc2c1NCCC2c1c(C)cc(C)cc1C. The Bertz CT molecular complexity index is 755. The zero-order chi connectivity index (χ0) is 18.1. The van der Waals surface area contributed by atoms with Crippen LogP contribution >= 0.6 is 0 Å². The zero-order valence-electron chi connectivity index (χ0n) is 16.4. The molecule has 0 saturated heterocycles. The normalized spacial score (nSPS) is 16.3. The number of rotatable bonds is 4. The van der Waals surface area contributed by atoms with Gasteiger partial charge >= 0.3 is 0 Å². The maximum atomic E-state index is 4.89. The summed E-state index contributed by atoms with van der Waals surface area (Å²) in [5.41, 5.74) is 7.81. The first-order chi connectivity index (χ1) is 12.0. The minimum Gasteiger partial charge on any atom is -0.381 e. The Kier molecular flexibility index (Phi) is 4.98. The Morgan fingerprint density at radius 1 is 1.04 bits per heavy atom. The van der Waals surface area contributed by atoms with E-state index in [-0.39, 0.29) is 0 Å². The summed E-state index contributed by atoms with van der Waals surface area (Å²) in [4.78, 5) is 12.0. The molecule has 1 aromatic heterocycles. The van der Waals surface area contributed by atoms with Gasteiger partial charge in [0.2, 0.25) is 0 Å². The van der Waals surface area contributed by atoms with Gasteiger partial charge in [0.25, 0.3) is 0 Å². The molecule has 1 aliphatic heterocycles. The average Bonchev–Trinajstić information content (AvgIpc) is 2.55. The molecule has 1 aliphatic rings. The van der Waals surface area contributed by atoms with Gasteiger partial charge in [0, 0.05) is 25.6 Å². The van der Waals surface area contributed by atoms with Crippen molar-refractivity contribution in [1.29, 1.82) is 0 Å². The first kappa shape index (κ1) is 17.7. The molecule has 0 bridgehead atoms. The monoisotopic (exact) mass is 338 g/mol. The first-order valence-corrected chi connectivity index (χ1v) is 9.41. The summed E-state index contributed by atoms with van der Waals surface area (Å²) in [5.74, 6) is 2.25. The average molecular weight is 338 g/mol. The molecule has 0 radical (unpaired) electrons. The van der Waals surface area contributed by atoms with Crippen LogP contribution in [0.5, 0.6) is 0 Å². The molecule has 2 heterocycles. The molecule has 4 nitrogen and oxygen atoms in total. The van der Waals surface area contributed by atoms with Gasteiger partial charge in [-0.05, 0) is 64.7 Å². The van der Waals surface area contributed by atoms with Crippen LogP contribution in [0.1, 0.15) is 60.0 Å². The van der Waals surface area contributed by atoms with Gasteiger partial charge in [0.15, 0.2) is 5.82 Å². The van der Waals surface area contributed by atoms with Crippen LogP contribution in [-0.2, 0) is 0 Å². The second-order valence-corrected chi connectivity index (χ2v) is 7.11. The van der Waals surface area contributed by atoms with Crippen LogP contribution in [-0.4, -0.2) is 29.6 Å². The van der Waals surface area contributed by atoms with E-state index in [9.17, 15) is 0 Å². The van der Waals surface area contributed by atoms with E-state index in [0.29, 0.717) is 5.92 Å². The number of aryl methyl sites for hydroxylation is 4. The molecule has 0 spiro atoms. The molecule has 1 unspecified atom stereocenters. The maximum absolute atomic E-state index is 4.89. The van der Waals surface area contributed by atoms with Crippen LogP contribution in [0.25, 0.3) is 0 Å². The Labute approximate surface area is 151 Å². The molecule has 4 heteroatoms. The fourth-order valence-corrected chi connectivity index (χ4v) is 4.25. The van der Waals surface area contributed by atoms with Gasteiger partial charge in [-0.1, -0.05) is 17.7 Å². The summed E-state index contributed by atoms with van der Waals surface area (Å²) in [6, 6.07) is 4.59. The van der Waals surface area contributed by atoms with Crippen molar-refractivity contribution in [3.63, 3.8) is 0 Å². The number of nitrogens with zero attached hydrogens (tertiary/aromatic N) is 3. The van der Waals surface area contributed by atoms with Crippen molar-refractivity contribution in [3.05, 3.63) is 45.9 Å². The highest BCUT2D eigenvalue weighted by Crippen LogP contribution is 2.41. The van der Waals surface area contributed by atoms with Gasteiger partial charge in [-0.15, -0.1) is 0 Å². The Hall–Kier alpha value is -2.10. The third-order valence-electron chi connectivity index (χ3n) is 5.24. The highest BCUT2D eigenvalue weighted by molar-refractivity contribution is 5.71. The molecule has 1 atom stereocenters. The summed E-state index contributed by atoms with van der Waals surface area (Å²) in [7, 11) is 0. The minimum absolute atomic E-state index is 0.341. The Morgan fingerprint density at radius 2 is 1.68 bits per heavy atom. The molecule has 0 aliphatic carbocycles. The molecule has 3 rings (SSSR count).